The first-order valence-corrected chi connectivity index (χ1v) is 6.29. The Morgan fingerprint density at radius 1 is 1.42 bits per heavy atom. The Labute approximate surface area is 120 Å². The van der Waals surface area contributed by atoms with Crippen LogP contribution in [0, 0.1) is 0 Å². The van der Waals surface area contributed by atoms with Gasteiger partial charge in [-0.25, -0.2) is 4.98 Å². The molecule has 2 N–H and O–H groups in total. The molecule has 0 bridgehead atoms. The van der Waals surface area contributed by atoms with Crippen LogP contribution in [0.15, 0.2) is 36.8 Å². The number of nitrogens with zero attached hydrogens (tertiary/aromatic N) is 1. The second kappa shape index (κ2) is 6.41. The number of halogens is 2. The normalized spacial score (nSPS) is 10.8. The zero-order chi connectivity index (χ0) is 13.7. The Bertz CT molecular complexity index is 594. The van der Waals surface area contributed by atoms with Gasteiger partial charge in [0.15, 0.2) is 0 Å². The number of benzene rings is 1. The van der Waals surface area contributed by atoms with Crippen LogP contribution in [-0.2, 0) is 11.3 Å². The van der Waals surface area contributed by atoms with Gasteiger partial charge in [-0.15, -0.1) is 0 Å². The zero-order valence-corrected chi connectivity index (χ0v) is 11.4. The number of aromatic amines is 1. The third kappa shape index (κ3) is 4.12. The fraction of sp³-hybridized carbons (Fsp3) is 0.0769. The Morgan fingerprint density at radius 2 is 2.26 bits per heavy atom. The fourth-order valence-corrected chi connectivity index (χ4v) is 1.90. The van der Waals surface area contributed by atoms with E-state index in [1.54, 1.807) is 36.8 Å². The minimum absolute atomic E-state index is 0.208. The second-order valence-electron chi connectivity index (χ2n) is 3.79. The number of hydrogen-bond donors (Lipinski definition) is 2. The van der Waals surface area contributed by atoms with Gasteiger partial charge in [0.05, 0.1) is 18.6 Å². The van der Waals surface area contributed by atoms with Crippen LogP contribution in [-0.4, -0.2) is 15.9 Å². The molecule has 1 aromatic heterocycles. The van der Waals surface area contributed by atoms with E-state index in [9.17, 15) is 4.79 Å². The molecule has 1 amide bonds. The number of amides is 1. The molecule has 4 nitrogen and oxygen atoms in total. The molecule has 6 heteroatoms. The summed E-state index contributed by atoms with van der Waals surface area (Å²) in [5, 5.41) is 3.79. The molecule has 0 saturated heterocycles. The number of carbonyl (C=O) groups excluding carboxylic acids is 1. The van der Waals surface area contributed by atoms with E-state index >= 15 is 0 Å². The first-order chi connectivity index (χ1) is 9.15. The number of rotatable bonds is 4. The first-order valence-electron chi connectivity index (χ1n) is 5.53. The molecule has 2 rings (SSSR count). The molecule has 2 aromatic rings. The molecule has 0 radical (unpaired) electrons. The smallest absolute Gasteiger partial charge is 0.244 e. The molecule has 0 atom stereocenters. The van der Waals surface area contributed by atoms with Gasteiger partial charge in [0.1, 0.15) is 0 Å². The van der Waals surface area contributed by atoms with Crippen LogP contribution in [0.1, 0.15) is 11.3 Å². The minimum Gasteiger partial charge on any atom is -0.347 e. The Kier molecular flexibility index (Phi) is 4.60. The van der Waals surface area contributed by atoms with E-state index in [-0.39, 0.29) is 5.91 Å². The van der Waals surface area contributed by atoms with Gasteiger partial charge in [0.25, 0.3) is 0 Å². The summed E-state index contributed by atoms with van der Waals surface area (Å²) in [6.07, 6.45) is 6.28. The molecule has 0 unspecified atom stereocenters. The van der Waals surface area contributed by atoms with E-state index in [0.29, 0.717) is 16.6 Å². The molecule has 19 heavy (non-hydrogen) atoms. The highest BCUT2D eigenvalue weighted by Gasteiger charge is 2.00. The summed E-state index contributed by atoms with van der Waals surface area (Å²) < 4.78 is 0. The molecule has 1 heterocycles. The van der Waals surface area contributed by atoms with Crippen LogP contribution in [0.4, 0.5) is 0 Å². The van der Waals surface area contributed by atoms with Gasteiger partial charge in [0.2, 0.25) is 5.91 Å². The summed E-state index contributed by atoms with van der Waals surface area (Å²) in [6, 6.07) is 5.10. The average molecular weight is 296 g/mol. The lowest BCUT2D eigenvalue weighted by Gasteiger charge is -2.00. The van der Waals surface area contributed by atoms with Crippen molar-refractivity contribution in [2.45, 2.75) is 6.54 Å². The van der Waals surface area contributed by atoms with Crippen molar-refractivity contribution in [1.82, 2.24) is 15.3 Å². The van der Waals surface area contributed by atoms with E-state index in [0.717, 1.165) is 11.3 Å². The van der Waals surface area contributed by atoms with Gasteiger partial charge in [-0.2, -0.15) is 0 Å². The molecular formula is C13H11Cl2N3O. The van der Waals surface area contributed by atoms with E-state index in [4.69, 9.17) is 23.2 Å². The third-order valence-corrected chi connectivity index (χ3v) is 2.95. The minimum atomic E-state index is -0.208. The molecule has 0 aliphatic heterocycles. The molecule has 0 fully saturated rings. The van der Waals surface area contributed by atoms with Gasteiger partial charge in [-0.3, -0.25) is 4.79 Å². The standard InChI is InChI=1S/C13H11Cl2N3O/c14-10-3-1-9(12(15)5-10)2-4-13(19)17-7-11-6-16-8-18-11/h1-6,8H,7H2,(H,16,18)(H,17,19). The van der Waals surface area contributed by atoms with E-state index in [2.05, 4.69) is 15.3 Å². The first kappa shape index (κ1) is 13.6. The van der Waals surface area contributed by atoms with Crippen molar-refractivity contribution >= 4 is 35.2 Å². The second-order valence-corrected chi connectivity index (χ2v) is 4.64. The lowest BCUT2D eigenvalue weighted by Crippen LogP contribution is -2.20. The van der Waals surface area contributed by atoms with Crippen LogP contribution in [0.25, 0.3) is 6.08 Å². The monoisotopic (exact) mass is 295 g/mol. The highest BCUT2D eigenvalue weighted by atomic mass is 35.5. The number of imidazole rings is 1. The summed E-state index contributed by atoms with van der Waals surface area (Å²) in [5.41, 5.74) is 1.58. The van der Waals surface area contributed by atoms with Gasteiger partial charge >= 0.3 is 0 Å². The predicted octanol–water partition coefficient (Wildman–Crippen LogP) is 3.05. The quantitative estimate of drug-likeness (QED) is 0.852. The van der Waals surface area contributed by atoms with E-state index in [1.165, 1.54) is 6.08 Å². The van der Waals surface area contributed by atoms with Gasteiger partial charge in [-0.1, -0.05) is 29.3 Å². The number of carbonyl (C=O) groups is 1. The molecule has 1 aromatic carbocycles. The molecule has 0 aliphatic carbocycles. The molecular weight excluding hydrogens is 285 g/mol. The zero-order valence-electron chi connectivity index (χ0n) is 9.86. The highest BCUT2D eigenvalue weighted by molar-refractivity contribution is 6.35. The Balaban J connectivity index is 1.92. The lowest BCUT2D eigenvalue weighted by molar-refractivity contribution is -0.116. The number of aromatic nitrogens is 2. The van der Waals surface area contributed by atoms with Crippen LogP contribution in [0.5, 0.6) is 0 Å². The lowest BCUT2D eigenvalue weighted by atomic mass is 10.2. The maximum Gasteiger partial charge on any atom is 0.244 e. The summed E-state index contributed by atoms with van der Waals surface area (Å²) in [7, 11) is 0. The fourth-order valence-electron chi connectivity index (χ4n) is 1.42. The summed E-state index contributed by atoms with van der Waals surface area (Å²) >= 11 is 11.8. The Hall–Kier alpha value is -1.78. The van der Waals surface area contributed by atoms with Crippen molar-refractivity contribution in [3.05, 3.63) is 58.1 Å². The summed E-state index contributed by atoms with van der Waals surface area (Å²) in [6.45, 7) is 0.400. The number of nitrogens with one attached hydrogen (secondary N) is 2. The van der Waals surface area contributed by atoms with Crippen LogP contribution >= 0.6 is 23.2 Å². The van der Waals surface area contributed by atoms with Crippen molar-refractivity contribution in [3.8, 4) is 0 Å². The maximum atomic E-state index is 11.6. The topological polar surface area (TPSA) is 57.8 Å². The van der Waals surface area contributed by atoms with Gasteiger partial charge < -0.3 is 10.3 Å². The van der Waals surface area contributed by atoms with Crippen molar-refractivity contribution in [2.24, 2.45) is 0 Å². The van der Waals surface area contributed by atoms with E-state index < -0.39 is 0 Å². The summed E-state index contributed by atoms with van der Waals surface area (Å²) in [4.78, 5) is 18.3. The largest absolute Gasteiger partial charge is 0.347 e. The van der Waals surface area contributed by atoms with Crippen molar-refractivity contribution in [3.63, 3.8) is 0 Å². The summed E-state index contributed by atoms with van der Waals surface area (Å²) in [5.74, 6) is -0.208. The van der Waals surface area contributed by atoms with Crippen molar-refractivity contribution in [2.75, 3.05) is 0 Å². The Morgan fingerprint density at radius 3 is 2.95 bits per heavy atom. The number of hydrogen-bond acceptors (Lipinski definition) is 2. The molecule has 0 saturated carbocycles. The SMILES string of the molecule is O=C(C=Cc1ccc(Cl)cc1Cl)NCc1cnc[nH]1. The molecule has 98 valence electrons. The van der Waals surface area contributed by atoms with Crippen molar-refractivity contribution in [1.29, 1.82) is 0 Å². The number of H-pyrrole nitrogens is 1. The van der Waals surface area contributed by atoms with Gasteiger partial charge in [0, 0.05) is 22.3 Å². The van der Waals surface area contributed by atoms with Gasteiger partial charge in [-0.05, 0) is 23.8 Å². The predicted molar refractivity (Wildman–Crippen MR) is 75.9 cm³/mol. The van der Waals surface area contributed by atoms with E-state index in [1.807, 2.05) is 0 Å². The maximum absolute atomic E-state index is 11.6. The highest BCUT2D eigenvalue weighted by Crippen LogP contribution is 2.21. The molecule has 0 aliphatic rings. The molecule has 0 spiro atoms. The van der Waals surface area contributed by atoms with Crippen molar-refractivity contribution < 1.29 is 4.79 Å². The third-order valence-electron chi connectivity index (χ3n) is 2.38. The average Bonchev–Trinajstić information content (AvgIpc) is 2.88. The van der Waals surface area contributed by atoms with Crippen LogP contribution < -0.4 is 5.32 Å². The van der Waals surface area contributed by atoms with Crippen LogP contribution in [0.2, 0.25) is 10.0 Å². The van der Waals surface area contributed by atoms with Crippen LogP contribution in [0.3, 0.4) is 0 Å².